The smallest absolute Gasteiger partial charge is 0.161 e. The molecule has 0 bridgehead atoms. The van der Waals surface area contributed by atoms with E-state index in [0.717, 1.165) is 11.3 Å². The Morgan fingerprint density at radius 2 is 2.05 bits per heavy atom. The number of aliphatic hydroxyl groups excluding tert-OH is 1. The van der Waals surface area contributed by atoms with Crippen LogP contribution in [-0.4, -0.2) is 44.6 Å². The molecule has 0 spiro atoms. The van der Waals surface area contributed by atoms with Crippen molar-refractivity contribution >= 4 is 0 Å². The lowest BCUT2D eigenvalue weighted by Gasteiger charge is -2.23. The first-order valence-electron chi connectivity index (χ1n) is 6.52. The van der Waals surface area contributed by atoms with E-state index < -0.39 is 6.10 Å². The van der Waals surface area contributed by atoms with Crippen molar-refractivity contribution < 1.29 is 19.3 Å². The summed E-state index contributed by atoms with van der Waals surface area (Å²) in [6.45, 7) is 4.40. The van der Waals surface area contributed by atoms with Gasteiger partial charge < -0.3 is 24.6 Å². The maximum absolute atomic E-state index is 10.3. The Kier molecular flexibility index (Phi) is 5.01. The predicted octanol–water partition coefficient (Wildman–Crippen LogP) is 1.12. The summed E-state index contributed by atoms with van der Waals surface area (Å²) in [5.41, 5.74) is 0.821. The number of benzene rings is 1. The molecule has 2 atom stereocenters. The molecule has 19 heavy (non-hydrogen) atoms. The molecular weight excluding hydrogens is 246 g/mol. The van der Waals surface area contributed by atoms with Crippen molar-refractivity contribution in [3.63, 3.8) is 0 Å². The van der Waals surface area contributed by atoms with E-state index in [1.807, 2.05) is 25.1 Å². The molecule has 106 valence electrons. The third-order valence-corrected chi connectivity index (χ3v) is 3.15. The van der Waals surface area contributed by atoms with Crippen LogP contribution in [0, 0.1) is 0 Å². The van der Waals surface area contributed by atoms with E-state index in [0.29, 0.717) is 32.1 Å². The standard InChI is InChI=1S/C14H21NO4/c1-10(15-5-6-17-2)14(16)11-3-4-12-13(9-11)19-8-7-18-12/h3-4,9-10,14-16H,5-8H2,1-2H3. The zero-order valence-electron chi connectivity index (χ0n) is 11.4. The molecule has 0 saturated heterocycles. The summed E-state index contributed by atoms with van der Waals surface area (Å²) >= 11 is 0. The number of ether oxygens (including phenoxy) is 3. The van der Waals surface area contributed by atoms with Crippen LogP contribution in [0.15, 0.2) is 18.2 Å². The number of hydrogen-bond donors (Lipinski definition) is 2. The molecule has 2 rings (SSSR count). The maximum atomic E-state index is 10.3. The van der Waals surface area contributed by atoms with E-state index in [-0.39, 0.29) is 6.04 Å². The van der Waals surface area contributed by atoms with Gasteiger partial charge in [-0.1, -0.05) is 6.07 Å². The van der Waals surface area contributed by atoms with Gasteiger partial charge in [0.15, 0.2) is 11.5 Å². The summed E-state index contributed by atoms with van der Waals surface area (Å²) in [6, 6.07) is 5.49. The zero-order valence-corrected chi connectivity index (χ0v) is 11.4. The maximum Gasteiger partial charge on any atom is 0.161 e. The molecule has 5 nitrogen and oxygen atoms in total. The minimum Gasteiger partial charge on any atom is -0.486 e. The topological polar surface area (TPSA) is 60.0 Å². The van der Waals surface area contributed by atoms with Crippen molar-refractivity contribution in [1.29, 1.82) is 0 Å². The van der Waals surface area contributed by atoms with Crippen LogP contribution in [0.25, 0.3) is 0 Å². The molecule has 2 N–H and O–H groups in total. The van der Waals surface area contributed by atoms with Crippen LogP contribution in [0.3, 0.4) is 0 Å². The van der Waals surface area contributed by atoms with Gasteiger partial charge in [0.2, 0.25) is 0 Å². The normalized spacial score (nSPS) is 17.0. The van der Waals surface area contributed by atoms with Crippen molar-refractivity contribution in [2.45, 2.75) is 19.1 Å². The van der Waals surface area contributed by atoms with Crippen molar-refractivity contribution in [3.05, 3.63) is 23.8 Å². The molecule has 0 aromatic heterocycles. The lowest BCUT2D eigenvalue weighted by molar-refractivity contribution is 0.125. The summed E-state index contributed by atoms with van der Waals surface area (Å²) < 4.78 is 15.9. The first-order valence-corrected chi connectivity index (χ1v) is 6.52. The molecule has 0 saturated carbocycles. The highest BCUT2D eigenvalue weighted by Crippen LogP contribution is 2.33. The van der Waals surface area contributed by atoms with Gasteiger partial charge >= 0.3 is 0 Å². The lowest BCUT2D eigenvalue weighted by Crippen LogP contribution is -2.34. The van der Waals surface area contributed by atoms with Crippen LogP contribution >= 0.6 is 0 Å². The van der Waals surface area contributed by atoms with Gasteiger partial charge in [-0.2, -0.15) is 0 Å². The average Bonchev–Trinajstić information content (AvgIpc) is 2.46. The Morgan fingerprint density at radius 3 is 2.79 bits per heavy atom. The summed E-state index contributed by atoms with van der Waals surface area (Å²) in [5, 5.41) is 13.5. The number of methoxy groups -OCH3 is 1. The number of fused-ring (bicyclic) bond motifs is 1. The molecule has 2 unspecified atom stereocenters. The predicted molar refractivity (Wildman–Crippen MR) is 71.7 cm³/mol. The minimum absolute atomic E-state index is 0.0577. The third-order valence-electron chi connectivity index (χ3n) is 3.15. The fraction of sp³-hybridized carbons (Fsp3) is 0.571. The van der Waals surface area contributed by atoms with E-state index in [1.165, 1.54) is 0 Å². The van der Waals surface area contributed by atoms with Gasteiger partial charge in [-0.3, -0.25) is 0 Å². The molecule has 1 heterocycles. The summed E-state index contributed by atoms with van der Waals surface area (Å²) in [6.07, 6.45) is -0.590. The van der Waals surface area contributed by atoms with Crippen LogP contribution in [0.2, 0.25) is 0 Å². The summed E-state index contributed by atoms with van der Waals surface area (Å²) in [7, 11) is 1.66. The van der Waals surface area contributed by atoms with E-state index in [2.05, 4.69) is 5.32 Å². The highest BCUT2D eigenvalue weighted by molar-refractivity contribution is 5.44. The van der Waals surface area contributed by atoms with Crippen molar-refractivity contribution in [3.8, 4) is 11.5 Å². The molecule has 1 aromatic carbocycles. The van der Waals surface area contributed by atoms with Crippen LogP contribution in [0.4, 0.5) is 0 Å². The van der Waals surface area contributed by atoms with E-state index in [4.69, 9.17) is 14.2 Å². The Hall–Kier alpha value is -1.30. The molecule has 5 heteroatoms. The highest BCUT2D eigenvalue weighted by atomic mass is 16.6. The van der Waals surface area contributed by atoms with Gasteiger partial charge in [-0.15, -0.1) is 0 Å². The second kappa shape index (κ2) is 6.75. The molecule has 1 aliphatic rings. The third kappa shape index (κ3) is 3.59. The quantitative estimate of drug-likeness (QED) is 0.756. The minimum atomic E-state index is -0.590. The number of hydrogen-bond acceptors (Lipinski definition) is 5. The number of nitrogens with one attached hydrogen (secondary N) is 1. The number of aliphatic hydroxyl groups is 1. The molecular formula is C14H21NO4. The SMILES string of the molecule is COCCNC(C)C(O)c1ccc2c(c1)OCCO2. The molecule has 1 aliphatic heterocycles. The van der Waals surface area contributed by atoms with Gasteiger partial charge in [0, 0.05) is 19.7 Å². The summed E-state index contributed by atoms with van der Waals surface area (Å²) in [5.74, 6) is 1.44. The fourth-order valence-electron chi connectivity index (χ4n) is 2.03. The average molecular weight is 267 g/mol. The highest BCUT2D eigenvalue weighted by Gasteiger charge is 2.19. The molecule has 0 fully saturated rings. The Balaban J connectivity index is 2.00. The van der Waals surface area contributed by atoms with Crippen molar-refractivity contribution in [1.82, 2.24) is 5.32 Å². The first-order chi connectivity index (χ1) is 9.22. The summed E-state index contributed by atoms with van der Waals surface area (Å²) in [4.78, 5) is 0. The van der Waals surface area contributed by atoms with Crippen molar-refractivity contribution in [2.75, 3.05) is 33.5 Å². The number of rotatable bonds is 6. The van der Waals surface area contributed by atoms with Gasteiger partial charge in [0.25, 0.3) is 0 Å². The Labute approximate surface area is 113 Å². The molecule has 0 amide bonds. The van der Waals surface area contributed by atoms with Crippen LogP contribution in [-0.2, 0) is 4.74 Å². The van der Waals surface area contributed by atoms with Gasteiger partial charge in [-0.05, 0) is 24.6 Å². The van der Waals surface area contributed by atoms with Crippen LogP contribution in [0.5, 0.6) is 11.5 Å². The fourth-order valence-corrected chi connectivity index (χ4v) is 2.03. The Morgan fingerprint density at radius 1 is 1.32 bits per heavy atom. The largest absolute Gasteiger partial charge is 0.486 e. The Bertz CT molecular complexity index is 410. The second-order valence-corrected chi connectivity index (χ2v) is 4.58. The van der Waals surface area contributed by atoms with E-state index >= 15 is 0 Å². The lowest BCUT2D eigenvalue weighted by atomic mass is 10.0. The van der Waals surface area contributed by atoms with Crippen LogP contribution < -0.4 is 14.8 Å². The second-order valence-electron chi connectivity index (χ2n) is 4.58. The zero-order chi connectivity index (χ0) is 13.7. The van der Waals surface area contributed by atoms with Gasteiger partial charge in [0.1, 0.15) is 13.2 Å². The van der Waals surface area contributed by atoms with Crippen molar-refractivity contribution in [2.24, 2.45) is 0 Å². The molecule has 0 aliphatic carbocycles. The van der Waals surface area contributed by atoms with E-state index in [9.17, 15) is 5.11 Å². The molecule has 0 radical (unpaired) electrons. The van der Waals surface area contributed by atoms with Gasteiger partial charge in [0.05, 0.1) is 12.7 Å². The van der Waals surface area contributed by atoms with E-state index in [1.54, 1.807) is 7.11 Å². The first kappa shape index (κ1) is 14.1. The van der Waals surface area contributed by atoms with Crippen LogP contribution in [0.1, 0.15) is 18.6 Å². The van der Waals surface area contributed by atoms with Gasteiger partial charge in [-0.25, -0.2) is 0 Å². The monoisotopic (exact) mass is 267 g/mol. The molecule has 1 aromatic rings.